The Morgan fingerprint density at radius 2 is 1.79 bits per heavy atom. The van der Waals surface area contributed by atoms with Crippen LogP contribution in [0, 0.1) is 17.3 Å². The number of hydrogen-bond donors (Lipinski definition) is 2. The molecule has 2 aliphatic rings. The monoisotopic (exact) mass is 266 g/mol. The maximum Gasteiger partial charge on any atom is 0.0304 e. The van der Waals surface area contributed by atoms with E-state index in [-0.39, 0.29) is 5.54 Å². The third-order valence-electron chi connectivity index (χ3n) is 6.10. The smallest absolute Gasteiger partial charge is 0.0304 e. The largest absolute Gasteiger partial charge is 0.329 e. The first-order valence-corrected chi connectivity index (χ1v) is 8.46. The average molecular weight is 266 g/mol. The fraction of sp³-hybridized carbons (Fsp3) is 1.00. The second-order valence-electron chi connectivity index (χ2n) is 7.76. The highest BCUT2D eigenvalue weighted by Gasteiger charge is 2.38. The molecule has 0 aromatic carbocycles. The minimum absolute atomic E-state index is 0.259. The van der Waals surface area contributed by atoms with E-state index in [0.29, 0.717) is 5.41 Å². The van der Waals surface area contributed by atoms with Gasteiger partial charge in [0.25, 0.3) is 0 Å². The normalized spacial score (nSPS) is 32.5. The number of nitrogens with one attached hydrogen (secondary N) is 1. The van der Waals surface area contributed by atoms with E-state index in [9.17, 15) is 0 Å². The summed E-state index contributed by atoms with van der Waals surface area (Å²) in [6.07, 6.45) is 10.9. The molecule has 2 aliphatic carbocycles. The second-order valence-corrected chi connectivity index (χ2v) is 7.76. The van der Waals surface area contributed by atoms with Crippen LogP contribution in [0.15, 0.2) is 0 Å². The lowest BCUT2D eigenvalue weighted by atomic mass is 9.65. The van der Waals surface area contributed by atoms with Crippen molar-refractivity contribution in [2.75, 3.05) is 13.1 Å². The molecule has 0 aromatic rings. The molecule has 0 amide bonds. The highest BCUT2D eigenvalue weighted by atomic mass is 15.0. The van der Waals surface area contributed by atoms with Crippen molar-refractivity contribution >= 4 is 0 Å². The summed E-state index contributed by atoms with van der Waals surface area (Å²) in [6.45, 7) is 9.21. The Kier molecular flexibility index (Phi) is 4.94. The van der Waals surface area contributed by atoms with Gasteiger partial charge in [0, 0.05) is 12.1 Å². The standard InChI is InChI=1S/C17H34N2/c1-4-16(2,3)15-7-10-17(13-18,11-8-15)19-12-9-14-5-6-14/h14-15,19H,4-13,18H2,1-3H3. The van der Waals surface area contributed by atoms with Crippen LogP contribution in [0.3, 0.4) is 0 Å². The third kappa shape index (κ3) is 3.95. The summed E-state index contributed by atoms with van der Waals surface area (Å²) in [5.74, 6) is 1.92. The van der Waals surface area contributed by atoms with Crippen molar-refractivity contribution in [2.24, 2.45) is 23.0 Å². The summed E-state index contributed by atoms with van der Waals surface area (Å²) in [6, 6.07) is 0. The molecule has 2 fully saturated rings. The van der Waals surface area contributed by atoms with E-state index in [1.54, 1.807) is 0 Å². The highest BCUT2D eigenvalue weighted by Crippen LogP contribution is 2.43. The van der Waals surface area contributed by atoms with Crippen molar-refractivity contribution < 1.29 is 0 Å². The van der Waals surface area contributed by atoms with Crippen LogP contribution >= 0.6 is 0 Å². The molecule has 19 heavy (non-hydrogen) atoms. The minimum atomic E-state index is 0.259. The molecular formula is C17H34N2. The van der Waals surface area contributed by atoms with E-state index in [4.69, 9.17) is 5.73 Å². The van der Waals surface area contributed by atoms with Gasteiger partial charge >= 0.3 is 0 Å². The van der Waals surface area contributed by atoms with Gasteiger partial charge in [-0.2, -0.15) is 0 Å². The fourth-order valence-corrected chi connectivity index (χ4v) is 3.64. The fourth-order valence-electron chi connectivity index (χ4n) is 3.64. The molecule has 0 aromatic heterocycles. The van der Waals surface area contributed by atoms with Gasteiger partial charge < -0.3 is 11.1 Å². The van der Waals surface area contributed by atoms with Crippen LogP contribution in [-0.2, 0) is 0 Å². The Balaban J connectivity index is 1.80. The van der Waals surface area contributed by atoms with Gasteiger partial charge in [-0.15, -0.1) is 0 Å². The number of nitrogens with two attached hydrogens (primary N) is 1. The van der Waals surface area contributed by atoms with Gasteiger partial charge in [0.05, 0.1) is 0 Å². The van der Waals surface area contributed by atoms with Crippen molar-refractivity contribution in [3.63, 3.8) is 0 Å². The summed E-state index contributed by atoms with van der Waals surface area (Å²) in [5.41, 5.74) is 6.86. The van der Waals surface area contributed by atoms with Crippen LogP contribution in [0.2, 0.25) is 0 Å². The van der Waals surface area contributed by atoms with Gasteiger partial charge in [-0.3, -0.25) is 0 Å². The molecule has 3 N–H and O–H groups in total. The van der Waals surface area contributed by atoms with Crippen molar-refractivity contribution in [2.45, 2.75) is 77.7 Å². The van der Waals surface area contributed by atoms with Crippen LogP contribution in [0.25, 0.3) is 0 Å². The highest BCUT2D eigenvalue weighted by molar-refractivity contribution is 4.96. The average Bonchev–Trinajstić information content (AvgIpc) is 3.23. The number of hydrogen-bond acceptors (Lipinski definition) is 2. The first kappa shape index (κ1) is 15.3. The predicted molar refractivity (Wildman–Crippen MR) is 83.2 cm³/mol. The molecule has 0 bridgehead atoms. The Hall–Kier alpha value is -0.0800. The van der Waals surface area contributed by atoms with Gasteiger partial charge in [0.2, 0.25) is 0 Å². The third-order valence-corrected chi connectivity index (χ3v) is 6.10. The Bertz CT molecular complexity index is 273. The summed E-state index contributed by atoms with van der Waals surface area (Å²) in [7, 11) is 0. The Morgan fingerprint density at radius 3 is 2.26 bits per heavy atom. The van der Waals surface area contributed by atoms with E-state index in [1.807, 2.05) is 0 Å². The molecule has 0 aliphatic heterocycles. The van der Waals surface area contributed by atoms with Crippen molar-refractivity contribution in [3.05, 3.63) is 0 Å². The molecule has 0 spiro atoms. The topological polar surface area (TPSA) is 38.0 Å². The maximum atomic E-state index is 6.10. The lowest BCUT2D eigenvalue weighted by Gasteiger charge is -2.45. The molecule has 2 nitrogen and oxygen atoms in total. The van der Waals surface area contributed by atoms with Gasteiger partial charge in [0.15, 0.2) is 0 Å². The zero-order chi connectivity index (χ0) is 13.9. The predicted octanol–water partition coefficient (Wildman–Crippen LogP) is 3.70. The summed E-state index contributed by atoms with van der Waals surface area (Å²) >= 11 is 0. The zero-order valence-corrected chi connectivity index (χ0v) is 13.3. The van der Waals surface area contributed by atoms with E-state index in [2.05, 4.69) is 26.1 Å². The summed E-state index contributed by atoms with van der Waals surface area (Å²) in [4.78, 5) is 0. The molecule has 2 heteroatoms. The van der Waals surface area contributed by atoms with Crippen molar-refractivity contribution in [3.8, 4) is 0 Å². The van der Waals surface area contributed by atoms with Crippen LogP contribution in [0.4, 0.5) is 0 Å². The van der Waals surface area contributed by atoms with Gasteiger partial charge in [-0.1, -0.05) is 40.0 Å². The first-order valence-electron chi connectivity index (χ1n) is 8.46. The molecule has 0 atom stereocenters. The van der Waals surface area contributed by atoms with Crippen LogP contribution < -0.4 is 11.1 Å². The molecular weight excluding hydrogens is 232 g/mol. The van der Waals surface area contributed by atoms with Crippen molar-refractivity contribution in [1.29, 1.82) is 0 Å². The Morgan fingerprint density at radius 1 is 1.16 bits per heavy atom. The molecule has 0 unspecified atom stereocenters. The van der Waals surface area contributed by atoms with Gasteiger partial charge in [-0.25, -0.2) is 0 Å². The van der Waals surface area contributed by atoms with Crippen LogP contribution in [0.5, 0.6) is 0 Å². The van der Waals surface area contributed by atoms with E-state index in [1.165, 1.54) is 57.9 Å². The first-order chi connectivity index (χ1) is 9.01. The second kappa shape index (κ2) is 6.13. The summed E-state index contributed by atoms with van der Waals surface area (Å²) < 4.78 is 0. The molecule has 0 heterocycles. The molecule has 0 saturated heterocycles. The van der Waals surface area contributed by atoms with E-state index in [0.717, 1.165) is 18.4 Å². The molecule has 0 radical (unpaired) electrons. The maximum absolute atomic E-state index is 6.10. The van der Waals surface area contributed by atoms with Gasteiger partial charge in [0.1, 0.15) is 0 Å². The zero-order valence-electron chi connectivity index (χ0n) is 13.3. The lowest BCUT2D eigenvalue weighted by molar-refractivity contribution is 0.102. The molecule has 2 saturated carbocycles. The quantitative estimate of drug-likeness (QED) is 0.737. The number of rotatable bonds is 7. The molecule has 2 rings (SSSR count). The van der Waals surface area contributed by atoms with Crippen LogP contribution in [0.1, 0.15) is 72.1 Å². The SMILES string of the molecule is CCC(C)(C)C1CCC(CN)(NCCC2CC2)CC1. The van der Waals surface area contributed by atoms with Gasteiger partial charge in [-0.05, 0) is 55.9 Å². The Labute approximate surface area is 119 Å². The summed E-state index contributed by atoms with van der Waals surface area (Å²) in [5, 5.41) is 3.82. The lowest BCUT2D eigenvalue weighted by Crippen LogP contribution is -2.54. The van der Waals surface area contributed by atoms with E-state index >= 15 is 0 Å². The minimum Gasteiger partial charge on any atom is -0.329 e. The molecule has 112 valence electrons. The van der Waals surface area contributed by atoms with E-state index < -0.39 is 0 Å². The van der Waals surface area contributed by atoms with Crippen LogP contribution in [-0.4, -0.2) is 18.6 Å². The van der Waals surface area contributed by atoms with Crippen molar-refractivity contribution in [1.82, 2.24) is 5.32 Å².